The number of hydrogen-bond donors (Lipinski definition) is 2. The quantitative estimate of drug-likeness (QED) is 0.721. The summed E-state index contributed by atoms with van der Waals surface area (Å²) in [5.41, 5.74) is 3.53. The summed E-state index contributed by atoms with van der Waals surface area (Å²) in [6.45, 7) is 1.49. The van der Waals surface area contributed by atoms with E-state index in [1.807, 2.05) is 18.2 Å². The molecule has 0 aliphatic heterocycles. The van der Waals surface area contributed by atoms with Crippen LogP contribution in [0.3, 0.4) is 0 Å². The SMILES string of the molecule is CC(=O)Nc1cccc2c1C(=N)CCC2. The predicted molar refractivity (Wildman–Crippen MR) is 60.5 cm³/mol. The summed E-state index contributed by atoms with van der Waals surface area (Å²) < 4.78 is 0. The Bertz CT molecular complexity index is 424. The first kappa shape index (κ1) is 9.90. The molecule has 2 N–H and O–H groups in total. The van der Waals surface area contributed by atoms with Gasteiger partial charge in [0.15, 0.2) is 0 Å². The molecule has 1 aromatic rings. The molecule has 1 aliphatic carbocycles. The predicted octanol–water partition coefficient (Wildman–Crippen LogP) is 2.35. The highest BCUT2D eigenvalue weighted by Gasteiger charge is 2.17. The fourth-order valence-corrected chi connectivity index (χ4v) is 2.04. The molecule has 0 bridgehead atoms. The van der Waals surface area contributed by atoms with Crippen molar-refractivity contribution in [3.8, 4) is 0 Å². The van der Waals surface area contributed by atoms with Crippen LogP contribution in [0, 0.1) is 5.41 Å². The second kappa shape index (κ2) is 3.85. The molecular weight excluding hydrogens is 188 g/mol. The Balaban J connectivity index is 2.46. The van der Waals surface area contributed by atoms with Gasteiger partial charge in [0.25, 0.3) is 0 Å². The number of carbonyl (C=O) groups excluding carboxylic acids is 1. The van der Waals surface area contributed by atoms with Gasteiger partial charge in [-0.15, -0.1) is 0 Å². The smallest absolute Gasteiger partial charge is 0.221 e. The van der Waals surface area contributed by atoms with Crippen LogP contribution in [0.2, 0.25) is 0 Å². The van der Waals surface area contributed by atoms with Crippen LogP contribution in [-0.4, -0.2) is 11.6 Å². The minimum Gasteiger partial charge on any atom is -0.326 e. The van der Waals surface area contributed by atoms with Gasteiger partial charge in [-0.2, -0.15) is 0 Å². The fraction of sp³-hybridized carbons (Fsp3) is 0.333. The number of fused-ring (bicyclic) bond motifs is 1. The van der Waals surface area contributed by atoms with E-state index in [9.17, 15) is 4.79 Å². The van der Waals surface area contributed by atoms with E-state index in [4.69, 9.17) is 5.41 Å². The van der Waals surface area contributed by atoms with Gasteiger partial charge in [0, 0.05) is 18.2 Å². The first-order chi connectivity index (χ1) is 7.18. The van der Waals surface area contributed by atoms with Crippen molar-refractivity contribution in [3.63, 3.8) is 0 Å². The van der Waals surface area contributed by atoms with Crippen LogP contribution in [0.1, 0.15) is 30.9 Å². The molecular formula is C12H14N2O. The molecule has 1 aliphatic rings. The number of benzene rings is 1. The van der Waals surface area contributed by atoms with E-state index in [1.165, 1.54) is 12.5 Å². The largest absolute Gasteiger partial charge is 0.326 e. The number of carbonyl (C=O) groups is 1. The third-order valence-electron chi connectivity index (χ3n) is 2.64. The molecule has 0 heterocycles. The maximum Gasteiger partial charge on any atom is 0.221 e. The molecule has 0 unspecified atom stereocenters. The summed E-state index contributed by atoms with van der Waals surface area (Å²) in [6.07, 6.45) is 2.85. The Morgan fingerprint density at radius 1 is 1.40 bits per heavy atom. The van der Waals surface area contributed by atoms with E-state index in [0.717, 1.165) is 30.5 Å². The van der Waals surface area contributed by atoms with Crippen LogP contribution in [0.25, 0.3) is 0 Å². The molecule has 1 amide bonds. The van der Waals surface area contributed by atoms with Gasteiger partial charge >= 0.3 is 0 Å². The minimum absolute atomic E-state index is 0.0817. The first-order valence-electron chi connectivity index (χ1n) is 5.16. The van der Waals surface area contributed by atoms with Crippen LogP contribution in [-0.2, 0) is 11.2 Å². The Labute approximate surface area is 89.0 Å². The molecule has 2 rings (SSSR count). The van der Waals surface area contributed by atoms with Crippen molar-refractivity contribution in [1.82, 2.24) is 0 Å². The van der Waals surface area contributed by atoms with Gasteiger partial charge in [0.1, 0.15) is 0 Å². The van der Waals surface area contributed by atoms with E-state index >= 15 is 0 Å². The standard InChI is InChI=1S/C12H14N2O/c1-8(15)14-11-7-3-5-9-4-2-6-10(13)12(9)11/h3,5,7,13H,2,4,6H2,1H3,(H,14,15). The second-order valence-electron chi connectivity index (χ2n) is 3.85. The second-order valence-corrected chi connectivity index (χ2v) is 3.85. The number of aryl methyl sites for hydroxylation is 1. The number of nitrogens with one attached hydrogen (secondary N) is 2. The lowest BCUT2D eigenvalue weighted by atomic mass is 9.89. The summed E-state index contributed by atoms with van der Waals surface area (Å²) in [4.78, 5) is 11.0. The summed E-state index contributed by atoms with van der Waals surface area (Å²) in [6, 6.07) is 5.83. The van der Waals surface area contributed by atoms with Gasteiger partial charge in [-0.3, -0.25) is 4.79 Å². The summed E-state index contributed by atoms with van der Waals surface area (Å²) in [5, 5.41) is 10.7. The molecule has 0 aromatic heterocycles. The lowest BCUT2D eigenvalue weighted by molar-refractivity contribution is -0.114. The van der Waals surface area contributed by atoms with Crippen LogP contribution >= 0.6 is 0 Å². The molecule has 15 heavy (non-hydrogen) atoms. The normalized spacial score (nSPS) is 14.6. The molecule has 0 fully saturated rings. The van der Waals surface area contributed by atoms with Crippen molar-refractivity contribution in [1.29, 1.82) is 5.41 Å². The van der Waals surface area contributed by atoms with Crippen molar-refractivity contribution in [2.75, 3.05) is 5.32 Å². The number of anilines is 1. The van der Waals surface area contributed by atoms with Gasteiger partial charge in [0.05, 0.1) is 5.69 Å². The first-order valence-corrected chi connectivity index (χ1v) is 5.16. The lowest BCUT2D eigenvalue weighted by Crippen LogP contribution is -2.16. The Hall–Kier alpha value is -1.64. The van der Waals surface area contributed by atoms with Gasteiger partial charge < -0.3 is 10.7 Å². The maximum atomic E-state index is 11.0. The van der Waals surface area contributed by atoms with Crippen LogP contribution in [0.5, 0.6) is 0 Å². The van der Waals surface area contributed by atoms with Gasteiger partial charge in [-0.25, -0.2) is 0 Å². The fourth-order valence-electron chi connectivity index (χ4n) is 2.04. The summed E-state index contributed by atoms with van der Waals surface area (Å²) >= 11 is 0. The number of hydrogen-bond acceptors (Lipinski definition) is 2. The average Bonchev–Trinajstić information content (AvgIpc) is 2.17. The minimum atomic E-state index is -0.0817. The van der Waals surface area contributed by atoms with Crippen molar-refractivity contribution >= 4 is 17.3 Å². The highest BCUT2D eigenvalue weighted by molar-refractivity contribution is 6.07. The van der Waals surface area contributed by atoms with E-state index < -0.39 is 0 Å². The van der Waals surface area contributed by atoms with Crippen LogP contribution in [0.4, 0.5) is 5.69 Å². The van der Waals surface area contributed by atoms with E-state index in [1.54, 1.807) is 0 Å². The van der Waals surface area contributed by atoms with Gasteiger partial charge in [-0.1, -0.05) is 12.1 Å². The summed E-state index contributed by atoms with van der Waals surface area (Å²) in [7, 11) is 0. The molecule has 1 aromatic carbocycles. The zero-order valence-corrected chi connectivity index (χ0v) is 8.76. The molecule has 0 atom stereocenters. The molecule has 78 valence electrons. The van der Waals surface area contributed by atoms with Crippen molar-refractivity contribution in [2.24, 2.45) is 0 Å². The Morgan fingerprint density at radius 2 is 2.20 bits per heavy atom. The van der Waals surface area contributed by atoms with E-state index in [2.05, 4.69) is 5.32 Å². The summed E-state index contributed by atoms with van der Waals surface area (Å²) in [5.74, 6) is -0.0817. The van der Waals surface area contributed by atoms with Crippen molar-refractivity contribution < 1.29 is 4.79 Å². The molecule has 3 nitrogen and oxygen atoms in total. The van der Waals surface area contributed by atoms with E-state index in [-0.39, 0.29) is 5.91 Å². The lowest BCUT2D eigenvalue weighted by Gasteiger charge is -2.20. The van der Waals surface area contributed by atoms with Crippen molar-refractivity contribution in [3.05, 3.63) is 29.3 Å². The van der Waals surface area contributed by atoms with E-state index in [0.29, 0.717) is 5.71 Å². The molecule has 0 saturated heterocycles. The zero-order valence-electron chi connectivity index (χ0n) is 8.76. The number of rotatable bonds is 1. The maximum absolute atomic E-state index is 11.0. The third kappa shape index (κ3) is 1.91. The van der Waals surface area contributed by atoms with Gasteiger partial charge in [0.2, 0.25) is 5.91 Å². The van der Waals surface area contributed by atoms with Crippen molar-refractivity contribution in [2.45, 2.75) is 26.2 Å². The number of amides is 1. The Kier molecular flexibility index (Phi) is 2.54. The zero-order chi connectivity index (χ0) is 10.8. The monoisotopic (exact) mass is 202 g/mol. The highest BCUT2D eigenvalue weighted by Crippen LogP contribution is 2.27. The van der Waals surface area contributed by atoms with Crippen LogP contribution < -0.4 is 5.32 Å². The third-order valence-corrected chi connectivity index (χ3v) is 2.64. The molecule has 0 radical (unpaired) electrons. The average molecular weight is 202 g/mol. The molecule has 0 spiro atoms. The molecule has 3 heteroatoms. The van der Waals surface area contributed by atoms with Crippen LogP contribution in [0.15, 0.2) is 18.2 Å². The highest BCUT2D eigenvalue weighted by atomic mass is 16.1. The molecule has 0 saturated carbocycles. The van der Waals surface area contributed by atoms with Gasteiger partial charge in [-0.05, 0) is 30.9 Å². The topological polar surface area (TPSA) is 53.0 Å². The Morgan fingerprint density at radius 3 is 2.93 bits per heavy atom.